The Kier molecular flexibility index (Phi) is 4.72. The summed E-state index contributed by atoms with van der Waals surface area (Å²) in [6.45, 7) is 7.11. The molecule has 0 N–H and O–H groups in total. The molecule has 25 heavy (non-hydrogen) atoms. The SMILES string of the molecule is O=C(c1ccco1)N1CCN(CCN2CCOCC2)c2ccccc21. The Hall–Kier alpha value is -2.31. The molecular formula is C19H23N3O3. The number of amides is 1. The third-order valence-electron chi connectivity index (χ3n) is 4.87. The highest BCUT2D eigenvalue weighted by Crippen LogP contribution is 2.33. The first-order valence-corrected chi connectivity index (χ1v) is 8.82. The number of hydrogen-bond donors (Lipinski definition) is 0. The molecule has 3 heterocycles. The zero-order valence-corrected chi connectivity index (χ0v) is 14.3. The molecule has 0 saturated carbocycles. The van der Waals surface area contributed by atoms with E-state index in [1.54, 1.807) is 12.1 Å². The van der Waals surface area contributed by atoms with Crippen molar-refractivity contribution in [3.8, 4) is 0 Å². The average Bonchev–Trinajstić information content (AvgIpc) is 3.21. The highest BCUT2D eigenvalue weighted by molar-refractivity contribution is 6.06. The van der Waals surface area contributed by atoms with Gasteiger partial charge in [0.25, 0.3) is 5.91 Å². The molecule has 0 radical (unpaired) electrons. The molecular weight excluding hydrogens is 318 g/mol. The van der Waals surface area contributed by atoms with Crippen LogP contribution in [0.25, 0.3) is 0 Å². The predicted octanol–water partition coefficient (Wildman–Crippen LogP) is 2.08. The number of morpholine rings is 1. The fraction of sp³-hybridized carbons (Fsp3) is 0.421. The summed E-state index contributed by atoms with van der Waals surface area (Å²) < 4.78 is 10.7. The first-order valence-electron chi connectivity index (χ1n) is 8.82. The Morgan fingerprint density at radius 3 is 2.48 bits per heavy atom. The van der Waals surface area contributed by atoms with E-state index in [4.69, 9.17) is 9.15 Å². The van der Waals surface area contributed by atoms with E-state index < -0.39 is 0 Å². The topological polar surface area (TPSA) is 49.2 Å². The number of ether oxygens (including phenoxy) is 1. The Morgan fingerprint density at radius 1 is 0.920 bits per heavy atom. The Balaban J connectivity index is 1.49. The molecule has 132 valence electrons. The van der Waals surface area contributed by atoms with Crippen molar-refractivity contribution in [3.05, 3.63) is 48.4 Å². The van der Waals surface area contributed by atoms with E-state index in [2.05, 4.69) is 15.9 Å². The molecule has 1 aromatic heterocycles. The van der Waals surface area contributed by atoms with Crippen molar-refractivity contribution in [1.29, 1.82) is 0 Å². The maximum Gasteiger partial charge on any atom is 0.294 e. The minimum atomic E-state index is -0.0784. The Labute approximate surface area is 147 Å². The summed E-state index contributed by atoms with van der Waals surface area (Å²) in [6, 6.07) is 11.6. The molecule has 0 spiro atoms. The second kappa shape index (κ2) is 7.29. The van der Waals surface area contributed by atoms with Gasteiger partial charge in [-0.15, -0.1) is 0 Å². The van der Waals surface area contributed by atoms with Gasteiger partial charge in [-0.25, -0.2) is 0 Å². The molecule has 2 aliphatic heterocycles. The summed E-state index contributed by atoms with van der Waals surface area (Å²) in [5.41, 5.74) is 2.07. The Morgan fingerprint density at radius 2 is 1.72 bits per heavy atom. The van der Waals surface area contributed by atoms with Crippen molar-refractivity contribution < 1.29 is 13.9 Å². The largest absolute Gasteiger partial charge is 0.459 e. The number of carbonyl (C=O) groups is 1. The molecule has 1 amide bonds. The maximum atomic E-state index is 12.7. The number of fused-ring (bicyclic) bond motifs is 1. The van der Waals surface area contributed by atoms with Crippen LogP contribution in [0.2, 0.25) is 0 Å². The van der Waals surface area contributed by atoms with Gasteiger partial charge in [-0.05, 0) is 24.3 Å². The molecule has 6 heteroatoms. The van der Waals surface area contributed by atoms with Crippen LogP contribution in [-0.4, -0.2) is 63.3 Å². The molecule has 0 unspecified atom stereocenters. The third kappa shape index (κ3) is 3.41. The predicted molar refractivity (Wildman–Crippen MR) is 96.3 cm³/mol. The third-order valence-corrected chi connectivity index (χ3v) is 4.87. The van der Waals surface area contributed by atoms with Crippen LogP contribution in [0.4, 0.5) is 11.4 Å². The zero-order valence-electron chi connectivity index (χ0n) is 14.3. The lowest BCUT2D eigenvalue weighted by Gasteiger charge is -2.38. The Bertz CT molecular complexity index is 710. The molecule has 1 aromatic carbocycles. The lowest BCUT2D eigenvalue weighted by molar-refractivity contribution is 0.0391. The molecule has 4 rings (SSSR count). The minimum Gasteiger partial charge on any atom is -0.459 e. The van der Waals surface area contributed by atoms with Crippen molar-refractivity contribution in [2.75, 3.05) is 62.3 Å². The number of rotatable bonds is 4. The standard InChI is InChI=1S/C19H23N3O3/c23-19(18-6-3-13-25-18)22-10-9-21(16-4-1-2-5-17(16)22)8-7-20-11-14-24-15-12-20/h1-6,13H,7-12,14-15H2. The smallest absolute Gasteiger partial charge is 0.294 e. The monoisotopic (exact) mass is 341 g/mol. The summed E-state index contributed by atoms with van der Waals surface area (Å²) >= 11 is 0. The number of benzene rings is 1. The maximum absolute atomic E-state index is 12.7. The van der Waals surface area contributed by atoms with Crippen LogP contribution < -0.4 is 9.80 Å². The van der Waals surface area contributed by atoms with Crippen molar-refractivity contribution in [2.24, 2.45) is 0 Å². The summed E-state index contributed by atoms with van der Waals surface area (Å²) in [5.74, 6) is 0.307. The van der Waals surface area contributed by atoms with Gasteiger partial charge in [-0.3, -0.25) is 9.69 Å². The first kappa shape index (κ1) is 16.2. The lowest BCUT2D eigenvalue weighted by Crippen LogP contribution is -2.47. The number of nitrogens with zero attached hydrogens (tertiary/aromatic N) is 3. The van der Waals surface area contributed by atoms with E-state index >= 15 is 0 Å². The lowest BCUT2D eigenvalue weighted by atomic mass is 10.1. The van der Waals surface area contributed by atoms with Gasteiger partial charge in [-0.2, -0.15) is 0 Å². The highest BCUT2D eigenvalue weighted by atomic mass is 16.5. The second-order valence-corrected chi connectivity index (χ2v) is 6.36. The van der Waals surface area contributed by atoms with Crippen LogP contribution in [0.5, 0.6) is 0 Å². The van der Waals surface area contributed by atoms with Gasteiger partial charge in [0.2, 0.25) is 0 Å². The van der Waals surface area contributed by atoms with Gasteiger partial charge in [-0.1, -0.05) is 12.1 Å². The van der Waals surface area contributed by atoms with E-state index in [1.165, 1.54) is 6.26 Å². The van der Waals surface area contributed by atoms with Gasteiger partial charge >= 0.3 is 0 Å². The summed E-state index contributed by atoms with van der Waals surface area (Å²) in [4.78, 5) is 19.4. The fourth-order valence-corrected chi connectivity index (χ4v) is 3.48. The van der Waals surface area contributed by atoms with Crippen molar-refractivity contribution in [3.63, 3.8) is 0 Å². The van der Waals surface area contributed by atoms with Gasteiger partial charge in [0.15, 0.2) is 5.76 Å². The highest BCUT2D eigenvalue weighted by Gasteiger charge is 2.28. The van der Waals surface area contributed by atoms with Crippen molar-refractivity contribution in [1.82, 2.24) is 4.90 Å². The van der Waals surface area contributed by atoms with E-state index in [0.29, 0.717) is 12.3 Å². The van der Waals surface area contributed by atoms with E-state index in [0.717, 1.165) is 57.3 Å². The average molecular weight is 341 g/mol. The van der Waals surface area contributed by atoms with Crippen LogP contribution in [0.15, 0.2) is 47.1 Å². The molecule has 2 aromatic rings. The van der Waals surface area contributed by atoms with Gasteiger partial charge in [0.05, 0.1) is 30.9 Å². The quantitative estimate of drug-likeness (QED) is 0.852. The number of furan rings is 1. The summed E-state index contributed by atoms with van der Waals surface area (Å²) in [5, 5.41) is 0. The number of carbonyl (C=O) groups excluding carboxylic acids is 1. The van der Waals surface area contributed by atoms with Crippen molar-refractivity contribution in [2.45, 2.75) is 0 Å². The van der Waals surface area contributed by atoms with Crippen LogP contribution >= 0.6 is 0 Å². The minimum absolute atomic E-state index is 0.0784. The first-order chi connectivity index (χ1) is 12.3. The van der Waals surface area contributed by atoms with Gasteiger partial charge in [0, 0.05) is 39.3 Å². The molecule has 0 atom stereocenters. The second-order valence-electron chi connectivity index (χ2n) is 6.36. The van der Waals surface area contributed by atoms with Crippen LogP contribution in [0.3, 0.4) is 0 Å². The molecule has 2 aliphatic rings. The fourth-order valence-electron chi connectivity index (χ4n) is 3.48. The number of anilines is 2. The number of para-hydroxylation sites is 2. The van der Waals surface area contributed by atoms with E-state index in [9.17, 15) is 4.79 Å². The molecule has 0 aliphatic carbocycles. The normalized spacial score (nSPS) is 18.2. The molecule has 6 nitrogen and oxygen atoms in total. The summed E-state index contributed by atoms with van der Waals surface area (Å²) in [7, 11) is 0. The van der Waals surface area contributed by atoms with Crippen LogP contribution in [0, 0.1) is 0 Å². The van der Waals surface area contributed by atoms with Crippen molar-refractivity contribution >= 4 is 17.3 Å². The van der Waals surface area contributed by atoms with Gasteiger partial charge < -0.3 is 19.0 Å². The van der Waals surface area contributed by atoms with Crippen LogP contribution in [-0.2, 0) is 4.74 Å². The number of hydrogen-bond acceptors (Lipinski definition) is 5. The zero-order chi connectivity index (χ0) is 17.1. The van der Waals surface area contributed by atoms with E-state index in [-0.39, 0.29) is 5.91 Å². The molecule has 0 bridgehead atoms. The van der Waals surface area contributed by atoms with Gasteiger partial charge in [0.1, 0.15) is 0 Å². The van der Waals surface area contributed by atoms with E-state index in [1.807, 2.05) is 23.1 Å². The molecule has 1 saturated heterocycles. The molecule has 1 fully saturated rings. The van der Waals surface area contributed by atoms with Crippen LogP contribution in [0.1, 0.15) is 10.6 Å². The summed E-state index contributed by atoms with van der Waals surface area (Å²) in [6.07, 6.45) is 1.54.